The lowest BCUT2D eigenvalue weighted by Gasteiger charge is -2.37. The van der Waals surface area contributed by atoms with Crippen molar-refractivity contribution in [2.24, 2.45) is 0 Å². The Hall–Kier alpha value is -3.54. The average molecular weight is 462 g/mol. The van der Waals surface area contributed by atoms with E-state index in [1.165, 1.54) is 0 Å². The van der Waals surface area contributed by atoms with E-state index in [1.807, 2.05) is 45.0 Å². The molecule has 0 unspecified atom stereocenters. The van der Waals surface area contributed by atoms with Gasteiger partial charge in [0.1, 0.15) is 11.5 Å². The summed E-state index contributed by atoms with van der Waals surface area (Å²) in [5, 5.41) is 13.2. The van der Waals surface area contributed by atoms with Gasteiger partial charge in [-0.2, -0.15) is 0 Å². The lowest BCUT2D eigenvalue weighted by atomic mass is 9.71. The summed E-state index contributed by atoms with van der Waals surface area (Å²) in [5.41, 5.74) is 4.44. The van der Waals surface area contributed by atoms with Gasteiger partial charge in [0, 0.05) is 29.3 Å². The number of rotatable bonds is 6. The monoisotopic (exact) mass is 461 g/mol. The minimum Gasteiger partial charge on any atom is -0.508 e. The second-order valence-electron chi connectivity index (χ2n) is 9.01. The van der Waals surface area contributed by atoms with E-state index in [0.29, 0.717) is 36.1 Å². The maximum atomic E-state index is 13.6. The molecule has 2 aromatic carbocycles. The molecule has 3 atom stereocenters. The Kier molecular flexibility index (Phi) is 6.77. The number of hydrogen-bond acceptors (Lipinski definition) is 6. The fraction of sp³-hybridized carbons (Fsp3) is 0.357. The molecule has 6 heteroatoms. The van der Waals surface area contributed by atoms with Crippen molar-refractivity contribution in [3.8, 4) is 11.5 Å². The number of allylic oxidation sites excluding steroid dienone is 3. The van der Waals surface area contributed by atoms with Crippen LogP contribution in [0.15, 0.2) is 71.1 Å². The first kappa shape index (κ1) is 23.6. The molecule has 0 fully saturated rings. The zero-order chi connectivity index (χ0) is 24.4. The van der Waals surface area contributed by atoms with Crippen molar-refractivity contribution in [3.63, 3.8) is 0 Å². The van der Waals surface area contributed by atoms with E-state index in [4.69, 9.17) is 9.47 Å². The lowest BCUT2D eigenvalue weighted by molar-refractivity contribution is -0.144. The number of ether oxygens (including phenoxy) is 2. The molecule has 1 aliphatic heterocycles. The van der Waals surface area contributed by atoms with Crippen molar-refractivity contribution in [1.29, 1.82) is 0 Å². The zero-order valence-electron chi connectivity index (χ0n) is 20.1. The molecule has 0 saturated heterocycles. The van der Waals surface area contributed by atoms with Crippen LogP contribution in [-0.2, 0) is 14.3 Å². The van der Waals surface area contributed by atoms with Gasteiger partial charge in [0.05, 0.1) is 18.8 Å². The molecule has 34 heavy (non-hydrogen) atoms. The molecule has 0 radical (unpaired) electrons. The average Bonchev–Trinajstić information content (AvgIpc) is 2.83. The summed E-state index contributed by atoms with van der Waals surface area (Å²) >= 11 is 0. The second-order valence-corrected chi connectivity index (χ2v) is 9.01. The number of carbonyl (C=O) groups is 2. The Morgan fingerprint density at radius 1 is 1.09 bits per heavy atom. The number of dihydropyridines is 1. The molecule has 1 heterocycles. The third kappa shape index (κ3) is 4.58. The van der Waals surface area contributed by atoms with Crippen LogP contribution < -0.4 is 10.1 Å². The largest absolute Gasteiger partial charge is 0.508 e. The van der Waals surface area contributed by atoms with E-state index in [1.54, 1.807) is 31.4 Å². The summed E-state index contributed by atoms with van der Waals surface area (Å²) in [6.07, 6.45) is 1.48. The molecule has 2 aromatic rings. The quantitative estimate of drug-likeness (QED) is 0.582. The highest BCUT2D eigenvalue weighted by atomic mass is 16.5. The number of Topliss-reactive ketones (excluding diaryl/α,β-unsaturated/α-hetero) is 1. The molecule has 0 bridgehead atoms. The van der Waals surface area contributed by atoms with E-state index < -0.39 is 11.9 Å². The number of methoxy groups -OCH3 is 1. The van der Waals surface area contributed by atoms with Crippen LogP contribution in [-0.4, -0.2) is 30.1 Å². The normalized spacial score (nSPS) is 21.0. The smallest absolute Gasteiger partial charge is 0.337 e. The van der Waals surface area contributed by atoms with Gasteiger partial charge >= 0.3 is 5.97 Å². The highest BCUT2D eigenvalue weighted by molar-refractivity contribution is 6.04. The van der Waals surface area contributed by atoms with Gasteiger partial charge in [-0.3, -0.25) is 4.79 Å². The first-order valence-electron chi connectivity index (χ1n) is 11.7. The Morgan fingerprint density at radius 2 is 1.74 bits per heavy atom. The molecule has 1 aliphatic carbocycles. The molecule has 2 aliphatic rings. The fourth-order valence-electron chi connectivity index (χ4n) is 4.75. The summed E-state index contributed by atoms with van der Waals surface area (Å²) < 4.78 is 10.9. The fourth-order valence-corrected chi connectivity index (χ4v) is 4.75. The van der Waals surface area contributed by atoms with E-state index in [0.717, 1.165) is 22.6 Å². The minimum atomic E-state index is -0.544. The van der Waals surface area contributed by atoms with Gasteiger partial charge in [0.15, 0.2) is 5.78 Å². The van der Waals surface area contributed by atoms with Gasteiger partial charge < -0.3 is 19.9 Å². The molecule has 6 nitrogen and oxygen atoms in total. The molecule has 0 saturated carbocycles. The molecule has 2 N–H and O–H groups in total. The predicted molar refractivity (Wildman–Crippen MR) is 130 cm³/mol. The highest BCUT2D eigenvalue weighted by Gasteiger charge is 2.41. The van der Waals surface area contributed by atoms with Crippen molar-refractivity contribution in [1.82, 2.24) is 5.32 Å². The summed E-state index contributed by atoms with van der Waals surface area (Å²) in [6, 6.07) is 14.5. The summed E-state index contributed by atoms with van der Waals surface area (Å²) in [4.78, 5) is 26.8. The number of phenolic OH excluding ortho intramolecular Hbond substituents is 1. The Bertz CT molecular complexity index is 1140. The first-order valence-corrected chi connectivity index (χ1v) is 11.7. The lowest BCUT2D eigenvalue weighted by Crippen LogP contribution is -2.36. The molecule has 178 valence electrons. The zero-order valence-corrected chi connectivity index (χ0v) is 20.1. The topological polar surface area (TPSA) is 84.9 Å². The standard InChI is InChI=1S/C28H31NO5/c1-5-16(2)34-28(32)25-17(3)29-23-14-20(18-8-12-22(33-4)13-9-18)15-24(31)27(23)26(25)19-6-10-21(30)11-7-19/h6-13,16,20,26,29-30H,5,14-15H2,1-4H3/t16-,20+,26-/m1/s1. The molecule has 4 rings (SSSR count). The molecule has 0 spiro atoms. The Balaban J connectivity index is 1.75. The number of esters is 1. The third-order valence-electron chi connectivity index (χ3n) is 6.74. The molecule has 0 amide bonds. The number of hydrogen-bond donors (Lipinski definition) is 2. The van der Waals surface area contributed by atoms with Crippen LogP contribution in [0.4, 0.5) is 0 Å². The van der Waals surface area contributed by atoms with Crippen LogP contribution in [0.3, 0.4) is 0 Å². The molecular weight excluding hydrogens is 430 g/mol. The summed E-state index contributed by atoms with van der Waals surface area (Å²) in [5.74, 6) is -0.0182. The maximum Gasteiger partial charge on any atom is 0.337 e. The van der Waals surface area contributed by atoms with Crippen LogP contribution in [0.5, 0.6) is 11.5 Å². The van der Waals surface area contributed by atoms with Gasteiger partial charge in [0.25, 0.3) is 0 Å². The van der Waals surface area contributed by atoms with Crippen LogP contribution >= 0.6 is 0 Å². The Labute approximate surface area is 200 Å². The SMILES string of the molecule is CC[C@@H](C)OC(=O)C1=C(C)NC2=C(C(=O)C[C@@H](c3ccc(OC)cc3)C2)[C@@H]1c1ccc(O)cc1. The number of phenols is 1. The van der Waals surface area contributed by atoms with Gasteiger partial charge in [0.2, 0.25) is 0 Å². The summed E-state index contributed by atoms with van der Waals surface area (Å²) in [6.45, 7) is 5.67. The summed E-state index contributed by atoms with van der Waals surface area (Å²) in [7, 11) is 1.63. The first-order chi connectivity index (χ1) is 16.3. The van der Waals surface area contributed by atoms with Crippen LogP contribution in [0.25, 0.3) is 0 Å². The van der Waals surface area contributed by atoms with E-state index in [9.17, 15) is 14.7 Å². The van der Waals surface area contributed by atoms with Gasteiger partial charge in [-0.25, -0.2) is 4.79 Å². The predicted octanol–water partition coefficient (Wildman–Crippen LogP) is 5.10. The van der Waals surface area contributed by atoms with Crippen LogP contribution in [0, 0.1) is 0 Å². The highest BCUT2D eigenvalue weighted by Crippen LogP contribution is 2.46. The van der Waals surface area contributed by atoms with Crippen LogP contribution in [0.2, 0.25) is 0 Å². The van der Waals surface area contributed by atoms with Crippen molar-refractivity contribution in [3.05, 3.63) is 82.2 Å². The van der Waals surface area contributed by atoms with Crippen molar-refractivity contribution in [2.45, 2.75) is 58.0 Å². The van der Waals surface area contributed by atoms with Crippen molar-refractivity contribution in [2.75, 3.05) is 7.11 Å². The van der Waals surface area contributed by atoms with Crippen LogP contribution in [0.1, 0.15) is 63.0 Å². The minimum absolute atomic E-state index is 0.00832. The maximum absolute atomic E-state index is 13.6. The van der Waals surface area contributed by atoms with E-state index >= 15 is 0 Å². The Morgan fingerprint density at radius 3 is 2.35 bits per heavy atom. The van der Waals surface area contributed by atoms with Crippen molar-refractivity contribution < 1.29 is 24.2 Å². The van der Waals surface area contributed by atoms with Gasteiger partial charge in [-0.1, -0.05) is 31.2 Å². The number of benzene rings is 2. The number of carbonyl (C=O) groups excluding carboxylic acids is 2. The number of ketones is 1. The van der Waals surface area contributed by atoms with Gasteiger partial charge in [-0.05, 0) is 68.0 Å². The van der Waals surface area contributed by atoms with E-state index in [2.05, 4.69) is 5.32 Å². The third-order valence-corrected chi connectivity index (χ3v) is 6.74. The van der Waals surface area contributed by atoms with Crippen molar-refractivity contribution >= 4 is 11.8 Å². The molecular formula is C28H31NO5. The van der Waals surface area contributed by atoms with Gasteiger partial charge in [-0.15, -0.1) is 0 Å². The molecule has 0 aromatic heterocycles. The van der Waals surface area contributed by atoms with E-state index in [-0.39, 0.29) is 23.6 Å². The second kappa shape index (κ2) is 9.75. The number of nitrogens with one attached hydrogen (secondary N) is 1. The number of aromatic hydroxyl groups is 1.